The van der Waals surface area contributed by atoms with Crippen LogP contribution in [0.3, 0.4) is 0 Å². The Bertz CT molecular complexity index is 136. The number of rotatable bonds is 10. The smallest absolute Gasteiger partial charge is 1.00 e. The molecule has 0 saturated carbocycles. The quantitative estimate of drug-likeness (QED) is 0.329. The molecule has 0 aromatic carbocycles. The van der Waals surface area contributed by atoms with Crippen molar-refractivity contribution >= 4 is 8.25 Å². The summed E-state index contributed by atoms with van der Waals surface area (Å²) < 4.78 is 21.1. The third kappa shape index (κ3) is 15.0. The van der Waals surface area contributed by atoms with E-state index in [9.17, 15) is 4.57 Å². The second kappa shape index (κ2) is 15.0. The number of hydrogen-bond donors (Lipinski definition) is 0. The largest absolute Gasteiger partial charge is 1.00 e. The SMILES string of the molecule is CCCCCO[P+](=O)OCCCCC.[H-].[Na+]. The molecule has 0 atom stereocenters. The summed E-state index contributed by atoms with van der Waals surface area (Å²) in [6.45, 7) is 5.36. The van der Waals surface area contributed by atoms with Crippen molar-refractivity contribution in [3.05, 3.63) is 0 Å². The van der Waals surface area contributed by atoms with Gasteiger partial charge in [-0.25, -0.2) is 0 Å². The number of unbranched alkanes of at least 4 members (excludes halogenated alkanes) is 4. The maximum absolute atomic E-state index is 11.1. The van der Waals surface area contributed by atoms with Crippen molar-refractivity contribution < 1.29 is 44.6 Å². The maximum Gasteiger partial charge on any atom is 1.00 e. The van der Waals surface area contributed by atoms with Crippen LogP contribution in [0.4, 0.5) is 0 Å². The van der Waals surface area contributed by atoms with Crippen LogP contribution in [-0.2, 0) is 13.6 Å². The van der Waals surface area contributed by atoms with Crippen molar-refractivity contribution in [1.82, 2.24) is 0 Å². The molecule has 0 aliphatic carbocycles. The van der Waals surface area contributed by atoms with Gasteiger partial charge in [-0.1, -0.05) is 39.5 Å². The molecular weight excluding hydrogens is 222 g/mol. The molecule has 86 valence electrons. The van der Waals surface area contributed by atoms with E-state index in [2.05, 4.69) is 13.8 Å². The van der Waals surface area contributed by atoms with Gasteiger partial charge in [-0.2, -0.15) is 0 Å². The van der Waals surface area contributed by atoms with Gasteiger partial charge in [0.05, 0.1) is 0 Å². The maximum atomic E-state index is 11.1. The second-order valence-corrected chi connectivity index (χ2v) is 4.27. The first-order chi connectivity index (χ1) is 6.81. The Hall–Kier alpha value is 1.02. The Balaban J connectivity index is -0.000000845. The van der Waals surface area contributed by atoms with Crippen LogP contribution in [-0.4, -0.2) is 13.2 Å². The number of hydrogen-bond acceptors (Lipinski definition) is 3. The van der Waals surface area contributed by atoms with E-state index in [1.165, 1.54) is 0 Å². The molecule has 0 bridgehead atoms. The van der Waals surface area contributed by atoms with Gasteiger partial charge in [0, 0.05) is 4.57 Å². The van der Waals surface area contributed by atoms with Gasteiger partial charge < -0.3 is 1.43 Å². The van der Waals surface area contributed by atoms with E-state index in [4.69, 9.17) is 9.05 Å². The van der Waals surface area contributed by atoms with Crippen molar-refractivity contribution in [2.75, 3.05) is 13.2 Å². The fraction of sp³-hybridized carbons (Fsp3) is 1.00. The molecule has 0 saturated heterocycles. The molecule has 0 radical (unpaired) electrons. The molecule has 0 N–H and O–H groups in total. The zero-order valence-corrected chi connectivity index (χ0v) is 13.2. The van der Waals surface area contributed by atoms with Crippen LogP contribution >= 0.6 is 8.25 Å². The van der Waals surface area contributed by atoms with E-state index < -0.39 is 8.25 Å². The Labute approximate surface area is 118 Å². The first-order valence-corrected chi connectivity index (χ1v) is 6.63. The summed E-state index contributed by atoms with van der Waals surface area (Å²) in [4.78, 5) is 0. The molecule has 0 heterocycles. The van der Waals surface area contributed by atoms with Crippen molar-refractivity contribution in [2.45, 2.75) is 52.4 Å². The minimum atomic E-state index is -1.86. The molecule has 0 aliphatic heterocycles. The van der Waals surface area contributed by atoms with E-state index in [0.29, 0.717) is 13.2 Å². The predicted molar refractivity (Wildman–Crippen MR) is 59.7 cm³/mol. The standard InChI is InChI=1S/C10H22O3P.Na.H/c1-3-5-7-9-12-14(11)13-10-8-6-4-2;;/h3-10H2,1-2H3;;/q2*+1;-1. The van der Waals surface area contributed by atoms with Crippen LogP contribution < -0.4 is 29.6 Å². The Morgan fingerprint density at radius 3 is 1.67 bits per heavy atom. The van der Waals surface area contributed by atoms with Gasteiger partial charge in [-0.15, -0.1) is 9.05 Å². The van der Waals surface area contributed by atoms with Crippen molar-refractivity contribution in [3.8, 4) is 0 Å². The van der Waals surface area contributed by atoms with Gasteiger partial charge in [0.2, 0.25) is 0 Å². The van der Waals surface area contributed by atoms with Crippen LogP contribution in [0.2, 0.25) is 0 Å². The fourth-order valence-electron chi connectivity index (χ4n) is 1.02. The molecule has 0 fully saturated rings. The fourth-order valence-corrected chi connectivity index (χ4v) is 1.65. The summed E-state index contributed by atoms with van der Waals surface area (Å²) in [5, 5.41) is 0. The summed E-state index contributed by atoms with van der Waals surface area (Å²) in [7, 11) is -1.86. The predicted octanol–water partition coefficient (Wildman–Crippen LogP) is 1.17. The van der Waals surface area contributed by atoms with Crippen LogP contribution in [0.25, 0.3) is 0 Å². The molecule has 5 heteroatoms. The third-order valence-corrected chi connectivity index (χ3v) is 2.68. The van der Waals surface area contributed by atoms with Crippen LogP contribution in [0.1, 0.15) is 53.8 Å². The van der Waals surface area contributed by atoms with E-state index in [0.717, 1.165) is 38.5 Å². The average Bonchev–Trinajstić information content (AvgIpc) is 2.19. The van der Waals surface area contributed by atoms with E-state index in [1.54, 1.807) is 0 Å². The summed E-state index contributed by atoms with van der Waals surface area (Å²) in [6, 6.07) is 0. The van der Waals surface area contributed by atoms with E-state index in [-0.39, 0.29) is 31.0 Å². The zero-order valence-electron chi connectivity index (χ0n) is 11.3. The normalized spacial score (nSPS) is 9.73. The van der Waals surface area contributed by atoms with Gasteiger partial charge in [0.1, 0.15) is 13.2 Å². The summed E-state index contributed by atoms with van der Waals surface area (Å²) in [6.07, 6.45) is 6.48. The molecule has 0 unspecified atom stereocenters. The van der Waals surface area contributed by atoms with Gasteiger partial charge in [-0.05, 0) is 12.8 Å². The molecule has 0 rings (SSSR count). The minimum Gasteiger partial charge on any atom is -1.00 e. The van der Waals surface area contributed by atoms with Gasteiger partial charge in [-0.3, -0.25) is 0 Å². The average molecular weight is 245 g/mol. The van der Waals surface area contributed by atoms with Crippen LogP contribution in [0, 0.1) is 0 Å². The van der Waals surface area contributed by atoms with Gasteiger partial charge in [0.15, 0.2) is 0 Å². The van der Waals surface area contributed by atoms with E-state index >= 15 is 0 Å². The van der Waals surface area contributed by atoms with E-state index in [1.807, 2.05) is 0 Å². The molecule has 0 aromatic heterocycles. The first kappa shape index (κ1) is 18.4. The molecule has 15 heavy (non-hydrogen) atoms. The molecule has 0 spiro atoms. The van der Waals surface area contributed by atoms with Crippen LogP contribution in [0.15, 0.2) is 0 Å². The van der Waals surface area contributed by atoms with Gasteiger partial charge in [0.25, 0.3) is 0 Å². The molecule has 0 aliphatic rings. The third-order valence-electron chi connectivity index (χ3n) is 1.89. The monoisotopic (exact) mass is 245 g/mol. The first-order valence-electron chi connectivity index (χ1n) is 5.54. The summed E-state index contributed by atoms with van der Waals surface area (Å²) in [5.41, 5.74) is 0. The zero-order chi connectivity index (χ0) is 10.6. The Morgan fingerprint density at radius 1 is 0.933 bits per heavy atom. The topological polar surface area (TPSA) is 35.5 Å². The Morgan fingerprint density at radius 2 is 1.33 bits per heavy atom. The second-order valence-electron chi connectivity index (χ2n) is 3.30. The van der Waals surface area contributed by atoms with Crippen molar-refractivity contribution in [3.63, 3.8) is 0 Å². The molecule has 0 amide bonds. The van der Waals surface area contributed by atoms with Crippen molar-refractivity contribution in [2.24, 2.45) is 0 Å². The minimum absolute atomic E-state index is 0. The summed E-state index contributed by atoms with van der Waals surface area (Å²) in [5.74, 6) is 0. The van der Waals surface area contributed by atoms with Crippen LogP contribution in [0.5, 0.6) is 0 Å². The Kier molecular flexibility index (Phi) is 18.4. The van der Waals surface area contributed by atoms with Crippen molar-refractivity contribution in [1.29, 1.82) is 0 Å². The summed E-state index contributed by atoms with van der Waals surface area (Å²) >= 11 is 0. The molecule has 0 aromatic rings. The molecule has 3 nitrogen and oxygen atoms in total. The molecular formula is C10H23NaO3P+. The van der Waals surface area contributed by atoms with Gasteiger partial charge >= 0.3 is 37.8 Å².